The molecule has 0 bridgehead atoms. The summed E-state index contributed by atoms with van der Waals surface area (Å²) in [5, 5.41) is 3.68. The molecule has 1 aliphatic rings. The Labute approximate surface area is 133 Å². The fourth-order valence-corrected chi connectivity index (χ4v) is 4.50. The van der Waals surface area contributed by atoms with Crippen LogP contribution >= 0.6 is 11.8 Å². The van der Waals surface area contributed by atoms with Gasteiger partial charge in [-0.1, -0.05) is 33.1 Å². The summed E-state index contributed by atoms with van der Waals surface area (Å²) < 4.78 is 13.0. The van der Waals surface area contributed by atoms with Gasteiger partial charge in [0.25, 0.3) is 0 Å². The molecule has 0 radical (unpaired) electrons. The molecule has 21 heavy (non-hydrogen) atoms. The molecule has 0 spiro atoms. The van der Waals surface area contributed by atoms with Crippen LogP contribution in [-0.2, 0) is 0 Å². The summed E-state index contributed by atoms with van der Waals surface area (Å²) in [4.78, 5) is 1.17. The first-order chi connectivity index (χ1) is 10.2. The van der Waals surface area contributed by atoms with Crippen LogP contribution in [0.4, 0.5) is 4.39 Å². The number of hydrogen-bond acceptors (Lipinski definition) is 2. The van der Waals surface area contributed by atoms with E-state index in [9.17, 15) is 4.39 Å². The van der Waals surface area contributed by atoms with E-state index in [1.165, 1.54) is 37.0 Å². The summed E-state index contributed by atoms with van der Waals surface area (Å²) in [5.41, 5.74) is 0. The second kappa shape index (κ2) is 8.79. The normalized spacial score (nSPS) is 24.0. The van der Waals surface area contributed by atoms with Crippen molar-refractivity contribution in [2.24, 2.45) is 11.8 Å². The molecule has 0 saturated heterocycles. The third-order valence-electron chi connectivity index (χ3n) is 4.68. The maximum atomic E-state index is 13.0. The molecule has 1 aromatic carbocycles. The number of nitrogens with one attached hydrogen (secondary N) is 1. The number of halogens is 1. The summed E-state index contributed by atoms with van der Waals surface area (Å²) in [5.74, 6) is 2.65. The highest BCUT2D eigenvalue weighted by atomic mass is 32.2. The molecule has 1 fully saturated rings. The largest absolute Gasteiger partial charge is 0.313 e. The Balaban J connectivity index is 1.90. The van der Waals surface area contributed by atoms with Gasteiger partial charge in [-0.25, -0.2) is 4.39 Å². The highest BCUT2D eigenvalue weighted by molar-refractivity contribution is 7.99. The van der Waals surface area contributed by atoms with Crippen LogP contribution in [0.5, 0.6) is 0 Å². The van der Waals surface area contributed by atoms with E-state index in [1.54, 1.807) is 12.1 Å². The smallest absolute Gasteiger partial charge is 0.123 e. The van der Waals surface area contributed by atoms with E-state index in [-0.39, 0.29) is 5.82 Å². The van der Waals surface area contributed by atoms with Gasteiger partial charge in [-0.2, -0.15) is 0 Å². The van der Waals surface area contributed by atoms with Gasteiger partial charge in [0.15, 0.2) is 0 Å². The molecule has 1 aliphatic carbocycles. The van der Waals surface area contributed by atoms with Crippen molar-refractivity contribution in [3.05, 3.63) is 30.1 Å². The van der Waals surface area contributed by atoms with Gasteiger partial charge in [0, 0.05) is 16.7 Å². The zero-order valence-corrected chi connectivity index (χ0v) is 14.1. The molecule has 1 saturated carbocycles. The van der Waals surface area contributed by atoms with Gasteiger partial charge in [-0.05, 0) is 55.5 Å². The second-order valence-corrected chi connectivity index (χ2v) is 7.22. The average Bonchev–Trinajstić information content (AvgIpc) is 2.53. The Morgan fingerprint density at radius 1 is 1.24 bits per heavy atom. The third kappa shape index (κ3) is 5.30. The standard InChI is InChI=1S/C18H28FNS/c1-3-14-6-5-7-15(12-14)18(20-4-2)13-21-17-10-8-16(19)9-11-17/h8-11,14-15,18,20H,3-7,12-13H2,1-2H3. The van der Waals surface area contributed by atoms with Crippen LogP contribution in [-0.4, -0.2) is 18.3 Å². The molecule has 0 aliphatic heterocycles. The quantitative estimate of drug-likeness (QED) is 0.702. The van der Waals surface area contributed by atoms with Gasteiger partial charge in [0.1, 0.15) is 5.82 Å². The van der Waals surface area contributed by atoms with Crippen molar-refractivity contribution in [1.82, 2.24) is 5.32 Å². The lowest BCUT2D eigenvalue weighted by Gasteiger charge is -2.34. The van der Waals surface area contributed by atoms with Crippen molar-refractivity contribution >= 4 is 11.8 Å². The molecule has 0 heterocycles. The van der Waals surface area contributed by atoms with Crippen LogP contribution in [0.25, 0.3) is 0 Å². The Morgan fingerprint density at radius 3 is 2.67 bits per heavy atom. The van der Waals surface area contributed by atoms with Gasteiger partial charge < -0.3 is 5.32 Å². The first-order valence-corrected chi connectivity index (χ1v) is 9.33. The fourth-order valence-electron chi connectivity index (χ4n) is 3.41. The van der Waals surface area contributed by atoms with Crippen LogP contribution in [0.1, 0.15) is 46.0 Å². The van der Waals surface area contributed by atoms with Crippen molar-refractivity contribution in [2.75, 3.05) is 12.3 Å². The van der Waals surface area contributed by atoms with Gasteiger partial charge in [-0.15, -0.1) is 11.8 Å². The molecule has 1 N–H and O–H groups in total. The number of benzene rings is 1. The highest BCUT2D eigenvalue weighted by Gasteiger charge is 2.27. The Bertz CT molecular complexity index is 406. The van der Waals surface area contributed by atoms with E-state index in [4.69, 9.17) is 0 Å². The van der Waals surface area contributed by atoms with Crippen molar-refractivity contribution in [3.8, 4) is 0 Å². The van der Waals surface area contributed by atoms with E-state index in [1.807, 2.05) is 23.9 Å². The molecule has 3 atom stereocenters. The second-order valence-electron chi connectivity index (χ2n) is 6.13. The molecular weight excluding hydrogens is 281 g/mol. The molecular formula is C18H28FNS. The van der Waals surface area contributed by atoms with Crippen LogP contribution in [0.15, 0.2) is 29.2 Å². The average molecular weight is 309 g/mol. The van der Waals surface area contributed by atoms with Crippen molar-refractivity contribution < 1.29 is 4.39 Å². The molecule has 0 amide bonds. The number of rotatable bonds is 7. The van der Waals surface area contributed by atoms with Gasteiger partial charge in [0.2, 0.25) is 0 Å². The van der Waals surface area contributed by atoms with Crippen LogP contribution in [0.2, 0.25) is 0 Å². The maximum absolute atomic E-state index is 13.0. The molecule has 1 nitrogen and oxygen atoms in total. The minimum absolute atomic E-state index is 0.152. The number of hydrogen-bond donors (Lipinski definition) is 1. The zero-order valence-electron chi connectivity index (χ0n) is 13.3. The molecule has 118 valence electrons. The molecule has 0 aromatic heterocycles. The minimum atomic E-state index is -0.152. The first kappa shape index (κ1) is 16.8. The van der Waals surface area contributed by atoms with E-state index in [0.29, 0.717) is 6.04 Å². The Morgan fingerprint density at radius 2 is 2.00 bits per heavy atom. The Hall–Kier alpha value is -0.540. The molecule has 2 rings (SSSR count). The lowest BCUT2D eigenvalue weighted by molar-refractivity contribution is 0.220. The Kier molecular flexibility index (Phi) is 7.05. The van der Waals surface area contributed by atoms with Crippen LogP contribution < -0.4 is 5.32 Å². The van der Waals surface area contributed by atoms with E-state index in [0.717, 1.165) is 24.1 Å². The lowest BCUT2D eigenvalue weighted by Crippen LogP contribution is -2.40. The van der Waals surface area contributed by atoms with E-state index >= 15 is 0 Å². The fraction of sp³-hybridized carbons (Fsp3) is 0.667. The van der Waals surface area contributed by atoms with Crippen LogP contribution in [0.3, 0.4) is 0 Å². The van der Waals surface area contributed by atoms with Gasteiger partial charge >= 0.3 is 0 Å². The third-order valence-corrected chi connectivity index (χ3v) is 5.81. The summed E-state index contributed by atoms with van der Waals surface area (Å²) >= 11 is 1.85. The van der Waals surface area contributed by atoms with Crippen molar-refractivity contribution in [1.29, 1.82) is 0 Å². The predicted molar refractivity (Wildman–Crippen MR) is 90.3 cm³/mol. The minimum Gasteiger partial charge on any atom is -0.313 e. The van der Waals surface area contributed by atoms with Gasteiger partial charge in [0.05, 0.1) is 0 Å². The molecule has 3 heteroatoms. The van der Waals surface area contributed by atoms with Crippen molar-refractivity contribution in [3.63, 3.8) is 0 Å². The SMILES string of the molecule is CCNC(CSc1ccc(F)cc1)C1CCCC(CC)C1. The molecule has 1 aromatic rings. The van der Waals surface area contributed by atoms with E-state index in [2.05, 4.69) is 19.2 Å². The number of thioether (sulfide) groups is 1. The van der Waals surface area contributed by atoms with Gasteiger partial charge in [-0.3, -0.25) is 0 Å². The lowest BCUT2D eigenvalue weighted by atomic mass is 9.77. The predicted octanol–water partition coefficient (Wildman–Crippen LogP) is 5.11. The zero-order chi connectivity index (χ0) is 15.1. The van der Waals surface area contributed by atoms with Crippen LogP contribution in [0, 0.1) is 17.7 Å². The summed E-state index contributed by atoms with van der Waals surface area (Å²) in [6.07, 6.45) is 6.85. The summed E-state index contributed by atoms with van der Waals surface area (Å²) in [6, 6.07) is 7.47. The monoisotopic (exact) mass is 309 g/mol. The van der Waals surface area contributed by atoms with Crippen molar-refractivity contribution in [2.45, 2.75) is 56.9 Å². The topological polar surface area (TPSA) is 12.0 Å². The summed E-state index contributed by atoms with van der Waals surface area (Å²) in [7, 11) is 0. The maximum Gasteiger partial charge on any atom is 0.123 e. The summed E-state index contributed by atoms with van der Waals surface area (Å²) in [6.45, 7) is 5.54. The highest BCUT2D eigenvalue weighted by Crippen LogP contribution is 2.34. The van der Waals surface area contributed by atoms with E-state index < -0.39 is 0 Å². The first-order valence-electron chi connectivity index (χ1n) is 8.34. The molecule has 3 unspecified atom stereocenters.